The maximum Gasteiger partial charge on any atom is 0.309 e. The average Bonchev–Trinajstić information content (AvgIpc) is 3.18. The number of rotatable bonds is 5. The van der Waals surface area contributed by atoms with Crippen LogP contribution >= 0.6 is 11.3 Å². The van der Waals surface area contributed by atoms with Gasteiger partial charge in [0.2, 0.25) is 0 Å². The van der Waals surface area contributed by atoms with Crippen molar-refractivity contribution in [1.82, 2.24) is 20.4 Å². The predicted molar refractivity (Wildman–Crippen MR) is 109 cm³/mol. The second-order valence-corrected chi connectivity index (χ2v) is 8.85. The Bertz CT molecular complexity index is 608. The van der Waals surface area contributed by atoms with Crippen molar-refractivity contribution in [3.8, 4) is 0 Å². The van der Waals surface area contributed by atoms with E-state index in [0.29, 0.717) is 0 Å². The number of piperazine rings is 1. The van der Waals surface area contributed by atoms with E-state index in [1.807, 2.05) is 13.0 Å². The fourth-order valence-corrected chi connectivity index (χ4v) is 5.12. The Kier molecular flexibility index (Phi) is 7.26. The van der Waals surface area contributed by atoms with E-state index in [1.54, 1.807) is 11.3 Å². The molecule has 2 N–H and O–H groups in total. The Morgan fingerprint density at radius 1 is 1.11 bits per heavy atom. The standard InChI is InChI=1S/C20H32N4O2S/c1-15(21-19(25)20(26)22-16-7-4-3-5-8-16)18(17-9-6-14-27-17)24-12-10-23(2)11-13-24/h6,9,14-16,18H,3-5,7-8,10-13H2,1-2H3,(H,21,25)(H,22,26)/t15-,18+/m0/s1. The molecule has 7 heteroatoms. The lowest BCUT2D eigenvalue weighted by Gasteiger charge is -2.40. The van der Waals surface area contributed by atoms with Crippen LogP contribution in [0.2, 0.25) is 0 Å². The van der Waals surface area contributed by atoms with E-state index in [4.69, 9.17) is 0 Å². The Hall–Kier alpha value is -1.44. The summed E-state index contributed by atoms with van der Waals surface area (Å²) in [6, 6.07) is 4.30. The maximum atomic E-state index is 12.5. The number of amides is 2. The summed E-state index contributed by atoms with van der Waals surface area (Å²) < 4.78 is 0. The summed E-state index contributed by atoms with van der Waals surface area (Å²) in [6.07, 6.45) is 5.45. The molecule has 27 heavy (non-hydrogen) atoms. The quantitative estimate of drug-likeness (QED) is 0.752. The van der Waals surface area contributed by atoms with Crippen molar-refractivity contribution < 1.29 is 9.59 Å². The minimum absolute atomic E-state index is 0.102. The molecule has 0 radical (unpaired) electrons. The summed E-state index contributed by atoms with van der Waals surface area (Å²) >= 11 is 1.71. The number of nitrogens with zero attached hydrogens (tertiary/aromatic N) is 2. The summed E-state index contributed by atoms with van der Waals surface area (Å²) in [5.74, 6) is -0.999. The third-order valence-electron chi connectivity index (χ3n) is 5.74. The number of carbonyl (C=O) groups is 2. The highest BCUT2D eigenvalue weighted by atomic mass is 32.1. The monoisotopic (exact) mass is 392 g/mol. The zero-order chi connectivity index (χ0) is 19.2. The van der Waals surface area contributed by atoms with Gasteiger partial charge in [-0.05, 0) is 38.3 Å². The maximum absolute atomic E-state index is 12.5. The highest BCUT2D eigenvalue weighted by molar-refractivity contribution is 7.10. The number of hydrogen-bond acceptors (Lipinski definition) is 5. The van der Waals surface area contributed by atoms with Gasteiger partial charge in [-0.3, -0.25) is 14.5 Å². The van der Waals surface area contributed by atoms with E-state index in [9.17, 15) is 9.59 Å². The minimum Gasteiger partial charge on any atom is -0.345 e. The molecule has 1 saturated heterocycles. The molecule has 6 nitrogen and oxygen atoms in total. The Morgan fingerprint density at radius 2 is 1.81 bits per heavy atom. The molecular formula is C20H32N4O2S. The number of thiophene rings is 1. The lowest BCUT2D eigenvalue weighted by Crippen LogP contribution is -2.53. The van der Waals surface area contributed by atoms with Gasteiger partial charge in [0.1, 0.15) is 0 Å². The Labute approximate surface area is 166 Å². The molecule has 1 aromatic rings. The summed E-state index contributed by atoms with van der Waals surface area (Å²) in [6.45, 7) is 5.98. The molecule has 0 bridgehead atoms. The number of carbonyl (C=O) groups excluding carboxylic acids is 2. The topological polar surface area (TPSA) is 64.7 Å². The van der Waals surface area contributed by atoms with Crippen LogP contribution in [0.4, 0.5) is 0 Å². The van der Waals surface area contributed by atoms with Crippen molar-refractivity contribution >= 4 is 23.2 Å². The van der Waals surface area contributed by atoms with E-state index in [2.05, 4.69) is 38.9 Å². The Morgan fingerprint density at radius 3 is 2.44 bits per heavy atom. The molecule has 150 valence electrons. The highest BCUT2D eigenvalue weighted by Gasteiger charge is 2.31. The fourth-order valence-electron chi connectivity index (χ4n) is 4.15. The van der Waals surface area contributed by atoms with Crippen LogP contribution in [0.1, 0.15) is 49.9 Å². The number of hydrogen-bond donors (Lipinski definition) is 2. The fraction of sp³-hybridized carbons (Fsp3) is 0.700. The van der Waals surface area contributed by atoms with Crippen LogP contribution in [0, 0.1) is 0 Å². The zero-order valence-corrected chi connectivity index (χ0v) is 17.3. The van der Waals surface area contributed by atoms with Gasteiger partial charge in [0.05, 0.1) is 6.04 Å². The summed E-state index contributed by atoms with van der Waals surface area (Å²) in [5, 5.41) is 7.95. The first kappa shape index (κ1) is 20.3. The normalized spacial score (nSPS) is 22.1. The van der Waals surface area contributed by atoms with Crippen LogP contribution in [0.25, 0.3) is 0 Å². The van der Waals surface area contributed by atoms with E-state index < -0.39 is 11.8 Å². The van der Waals surface area contributed by atoms with Crippen molar-refractivity contribution in [2.75, 3.05) is 33.2 Å². The van der Waals surface area contributed by atoms with Gasteiger partial charge in [-0.15, -0.1) is 11.3 Å². The lowest BCUT2D eigenvalue weighted by molar-refractivity contribution is -0.140. The van der Waals surface area contributed by atoms with Gasteiger partial charge in [-0.2, -0.15) is 0 Å². The van der Waals surface area contributed by atoms with Crippen LogP contribution in [0.15, 0.2) is 17.5 Å². The van der Waals surface area contributed by atoms with E-state index >= 15 is 0 Å². The molecule has 2 atom stereocenters. The first-order valence-electron chi connectivity index (χ1n) is 10.1. The minimum atomic E-state index is -0.510. The molecule has 1 aliphatic carbocycles. The molecule has 0 unspecified atom stereocenters. The molecule has 3 rings (SSSR count). The molecule has 1 aliphatic heterocycles. The van der Waals surface area contributed by atoms with Gasteiger partial charge >= 0.3 is 11.8 Å². The Balaban J connectivity index is 1.60. The van der Waals surface area contributed by atoms with E-state index in [-0.39, 0.29) is 18.1 Å². The molecular weight excluding hydrogens is 360 g/mol. The van der Waals surface area contributed by atoms with E-state index in [0.717, 1.165) is 51.9 Å². The first-order chi connectivity index (χ1) is 13.0. The second kappa shape index (κ2) is 9.66. The van der Waals surface area contributed by atoms with Crippen molar-refractivity contribution in [1.29, 1.82) is 0 Å². The molecule has 2 amide bonds. The van der Waals surface area contributed by atoms with Crippen LogP contribution in [0.5, 0.6) is 0 Å². The summed E-state index contributed by atoms with van der Waals surface area (Å²) in [5.41, 5.74) is 0. The van der Waals surface area contributed by atoms with Gasteiger partial charge in [0.15, 0.2) is 0 Å². The van der Waals surface area contributed by atoms with E-state index in [1.165, 1.54) is 11.3 Å². The SMILES string of the molecule is C[C@H](NC(=O)C(=O)NC1CCCCC1)[C@H](c1cccs1)N1CCN(C)CC1. The zero-order valence-electron chi connectivity index (χ0n) is 16.4. The van der Waals surface area contributed by atoms with Crippen LogP contribution < -0.4 is 10.6 Å². The average molecular weight is 393 g/mol. The van der Waals surface area contributed by atoms with Crippen LogP contribution in [-0.2, 0) is 9.59 Å². The molecule has 1 saturated carbocycles. The van der Waals surface area contributed by atoms with Crippen LogP contribution in [-0.4, -0.2) is 66.9 Å². The van der Waals surface area contributed by atoms with Gasteiger partial charge in [0.25, 0.3) is 0 Å². The van der Waals surface area contributed by atoms with Crippen molar-refractivity contribution in [3.63, 3.8) is 0 Å². The number of likely N-dealkylation sites (N-methyl/N-ethyl adjacent to an activating group) is 1. The largest absolute Gasteiger partial charge is 0.345 e. The molecule has 2 aliphatic rings. The van der Waals surface area contributed by atoms with Gasteiger partial charge < -0.3 is 15.5 Å². The third-order valence-corrected chi connectivity index (χ3v) is 6.69. The van der Waals surface area contributed by atoms with Gasteiger partial charge in [-0.25, -0.2) is 0 Å². The number of nitrogens with one attached hydrogen (secondary N) is 2. The summed E-state index contributed by atoms with van der Waals surface area (Å²) in [4.78, 5) is 30.8. The van der Waals surface area contributed by atoms with Gasteiger partial charge in [-0.1, -0.05) is 25.3 Å². The molecule has 2 fully saturated rings. The lowest BCUT2D eigenvalue weighted by atomic mass is 9.95. The second-order valence-electron chi connectivity index (χ2n) is 7.87. The summed E-state index contributed by atoms with van der Waals surface area (Å²) in [7, 11) is 2.14. The van der Waals surface area contributed by atoms with Crippen molar-refractivity contribution in [2.45, 2.75) is 57.2 Å². The third kappa shape index (κ3) is 5.53. The van der Waals surface area contributed by atoms with Gasteiger partial charge in [0, 0.05) is 43.1 Å². The molecule has 2 heterocycles. The first-order valence-corrected chi connectivity index (χ1v) is 11.0. The van der Waals surface area contributed by atoms with Crippen molar-refractivity contribution in [2.24, 2.45) is 0 Å². The molecule has 0 aromatic carbocycles. The molecule has 0 spiro atoms. The smallest absolute Gasteiger partial charge is 0.309 e. The van der Waals surface area contributed by atoms with Crippen molar-refractivity contribution in [3.05, 3.63) is 22.4 Å². The molecule has 1 aromatic heterocycles. The predicted octanol–water partition coefficient (Wildman–Crippen LogP) is 1.99. The highest BCUT2D eigenvalue weighted by Crippen LogP contribution is 2.29. The van der Waals surface area contributed by atoms with Crippen LogP contribution in [0.3, 0.4) is 0 Å².